The van der Waals surface area contributed by atoms with Gasteiger partial charge in [-0.1, -0.05) is 32.0 Å². The zero-order valence-corrected chi connectivity index (χ0v) is 11.6. The molecule has 0 unspecified atom stereocenters. The standard InChI is InChI=1S/C16H17FN2O/c1-11(2)10-12-6-3-4-8-14(12)19-16(20)13-7-5-9-18-15(13)17/h3-9,11H,10H2,1-2H3,(H,19,20). The monoisotopic (exact) mass is 272 g/mol. The maximum atomic E-state index is 13.5. The maximum absolute atomic E-state index is 13.5. The van der Waals surface area contributed by atoms with Gasteiger partial charge in [0.2, 0.25) is 5.95 Å². The first-order valence-electron chi connectivity index (χ1n) is 6.57. The molecule has 20 heavy (non-hydrogen) atoms. The smallest absolute Gasteiger partial charge is 0.260 e. The summed E-state index contributed by atoms with van der Waals surface area (Å²) >= 11 is 0. The lowest BCUT2D eigenvalue weighted by atomic mass is 10.0. The van der Waals surface area contributed by atoms with E-state index in [9.17, 15) is 9.18 Å². The van der Waals surface area contributed by atoms with Gasteiger partial charge in [-0.05, 0) is 36.1 Å². The molecule has 0 saturated heterocycles. The number of pyridine rings is 1. The molecule has 2 rings (SSSR count). The maximum Gasteiger partial charge on any atom is 0.260 e. The zero-order chi connectivity index (χ0) is 14.5. The SMILES string of the molecule is CC(C)Cc1ccccc1NC(=O)c1cccnc1F. The third-order valence-corrected chi connectivity index (χ3v) is 2.90. The molecule has 4 heteroatoms. The van der Waals surface area contributed by atoms with E-state index in [0.29, 0.717) is 5.92 Å². The minimum absolute atomic E-state index is 0.0492. The van der Waals surface area contributed by atoms with E-state index in [1.165, 1.54) is 18.3 Å². The van der Waals surface area contributed by atoms with Crippen molar-refractivity contribution in [2.45, 2.75) is 20.3 Å². The highest BCUT2D eigenvalue weighted by atomic mass is 19.1. The second-order valence-electron chi connectivity index (χ2n) is 5.05. The van der Waals surface area contributed by atoms with Gasteiger partial charge in [-0.3, -0.25) is 4.79 Å². The summed E-state index contributed by atoms with van der Waals surface area (Å²) in [6, 6.07) is 10.5. The van der Waals surface area contributed by atoms with Crippen molar-refractivity contribution in [3.63, 3.8) is 0 Å². The molecule has 2 aromatic rings. The highest BCUT2D eigenvalue weighted by Gasteiger charge is 2.14. The van der Waals surface area contributed by atoms with Crippen molar-refractivity contribution in [3.05, 3.63) is 59.7 Å². The van der Waals surface area contributed by atoms with Gasteiger partial charge in [-0.2, -0.15) is 4.39 Å². The van der Waals surface area contributed by atoms with Gasteiger partial charge in [0.05, 0.1) is 5.56 Å². The Morgan fingerprint density at radius 1 is 1.25 bits per heavy atom. The van der Waals surface area contributed by atoms with Gasteiger partial charge in [-0.15, -0.1) is 0 Å². The molecule has 0 aliphatic rings. The summed E-state index contributed by atoms with van der Waals surface area (Å²) in [6.45, 7) is 4.22. The topological polar surface area (TPSA) is 42.0 Å². The van der Waals surface area contributed by atoms with E-state index >= 15 is 0 Å². The van der Waals surface area contributed by atoms with E-state index in [1.54, 1.807) is 0 Å². The Kier molecular flexibility index (Phi) is 4.45. The molecule has 0 saturated carbocycles. The first kappa shape index (κ1) is 14.2. The summed E-state index contributed by atoms with van der Waals surface area (Å²) in [5.41, 5.74) is 1.71. The Morgan fingerprint density at radius 3 is 2.70 bits per heavy atom. The quantitative estimate of drug-likeness (QED) is 0.863. The fourth-order valence-electron chi connectivity index (χ4n) is 2.01. The van der Waals surface area contributed by atoms with Crippen LogP contribution in [0.4, 0.5) is 10.1 Å². The molecule has 1 amide bonds. The Balaban J connectivity index is 2.22. The van der Waals surface area contributed by atoms with Crippen LogP contribution in [0.2, 0.25) is 0 Å². The Labute approximate surface area is 117 Å². The molecule has 0 atom stereocenters. The van der Waals surface area contributed by atoms with Crippen molar-refractivity contribution in [1.82, 2.24) is 4.98 Å². The number of nitrogens with one attached hydrogen (secondary N) is 1. The van der Waals surface area contributed by atoms with Crippen molar-refractivity contribution in [1.29, 1.82) is 0 Å². The van der Waals surface area contributed by atoms with Crippen LogP contribution in [-0.4, -0.2) is 10.9 Å². The van der Waals surface area contributed by atoms with Crippen LogP contribution in [-0.2, 0) is 6.42 Å². The molecule has 1 aromatic heterocycles. The third kappa shape index (κ3) is 3.41. The van der Waals surface area contributed by atoms with Gasteiger partial charge in [0, 0.05) is 11.9 Å². The lowest BCUT2D eigenvalue weighted by molar-refractivity contribution is 0.102. The van der Waals surface area contributed by atoms with Crippen LogP contribution in [0, 0.1) is 11.9 Å². The van der Waals surface area contributed by atoms with E-state index < -0.39 is 11.9 Å². The fourth-order valence-corrected chi connectivity index (χ4v) is 2.01. The number of carbonyl (C=O) groups is 1. The van der Waals surface area contributed by atoms with Gasteiger partial charge < -0.3 is 5.32 Å². The summed E-state index contributed by atoms with van der Waals surface area (Å²) < 4.78 is 13.5. The number of aromatic nitrogens is 1. The Morgan fingerprint density at radius 2 is 2.00 bits per heavy atom. The van der Waals surface area contributed by atoms with Crippen molar-refractivity contribution < 1.29 is 9.18 Å². The number of carbonyl (C=O) groups excluding carboxylic acids is 1. The van der Waals surface area contributed by atoms with E-state index in [2.05, 4.69) is 24.1 Å². The molecule has 1 heterocycles. The van der Waals surface area contributed by atoms with E-state index in [-0.39, 0.29) is 5.56 Å². The lowest BCUT2D eigenvalue weighted by Crippen LogP contribution is -2.16. The van der Waals surface area contributed by atoms with Gasteiger partial charge in [-0.25, -0.2) is 4.98 Å². The van der Waals surface area contributed by atoms with Crippen LogP contribution in [0.3, 0.4) is 0 Å². The Bertz CT molecular complexity index is 611. The first-order chi connectivity index (χ1) is 9.58. The molecule has 1 N–H and O–H groups in total. The number of nitrogens with zero attached hydrogens (tertiary/aromatic N) is 1. The first-order valence-corrected chi connectivity index (χ1v) is 6.57. The zero-order valence-electron chi connectivity index (χ0n) is 11.6. The van der Waals surface area contributed by atoms with E-state index in [4.69, 9.17) is 0 Å². The molecular formula is C16H17FN2O. The number of halogens is 1. The van der Waals surface area contributed by atoms with Crippen molar-refractivity contribution >= 4 is 11.6 Å². The van der Waals surface area contributed by atoms with Crippen LogP contribution in [0.1, 0.15) is 29.8 Å². The second kappa shape index (κ2) is 6.28. The number of benzene rings is 1. The Hall–Kier alpha value is -2.23. The molecular weight excluding hydrogens is 255 g/mol. The van der Waals surface area contributed by atoms with E-state index in [1.807, 2.05) is 24.3 Å². The molecule has 1 aromatic carbocycles. The second-order valence-corrected chi connectivity index (χ2v) is 5.05. The number of hydrogen-bond acceptors (Lipinski definition) is 2. The van der Waals surface area contributed by atoms with Gasteiger partial charge >= 0.3 is 0 Å². The summed E-state index contributed by atoms with van der Waals surface area (Å²) in [5.74, 6) is -0.763. The van der Waals surface area contributed by atoms with Gasteiger partial charge in [0.25, 0.3) is 5.91 Å². The molecule has 3 nitrogen and oxygen atoms in total. The van der Waals surface area contributed by atoms with Gasteiger partial charge in [0.15, 0.2) is 0 Å². The highest BCUT2D eigenvalue weighted by Crippen LogP contribution is 2.20. The van der Waals surface area contributed by atoms with Crippen LogP contribution in [0.25, 0.3) is 0 Å². The molecule has 0 aliphatic heterocycles. The minimum atomic E-state index is -0.758. The number of anilines is 1. The van der Waals surface area contributed by atoms with Crippen molar-refractivity contribution in [2.24, 2.45) is 5.92 Å². The van der Waals surface area contributed by atoms with Gasteiger partial charge in [0.1, 0.15) is 0 Å². The normalized spacial score (nSPS) is 10.6. The molecule has 0 fully saturated rings. The predicted octanol–water partition coefficient (Wildman–Crippen LogP) is 3.67. The van der Waals surface area contributed by atoms with Crippen molar-refractivity contribution in [3.8, 4) is 0 Å². The lowest BCUT2D eigenvalue weighted by Gasteiger charge is -2.12. The largest absolute Gasteiger partial charge is 0.322 e. The predicted molar refractivity (Wildman–Crippen MR) is 77.1 cm³/mol. The number of para-hydroxylation sites is 1. The average Bonchev–Trinajstić information content (AvgIpc) is 2.41. The van der Waals surface area contributed by atoms with Crippen LogP contribution >= 0.6 is 0 Å². The van der Waals surface area contributed by atoms with Crippen LogP contribution in [0.5, 0.6) is 0 Å². The number of amides is 1. The summed E-state index contributed by atoms with van der Waals surface area (Å²) in [6.07, 6.45) is 2.17. The number of rotatable bonds is 4. The average molecular weight is 272 g/mol. The highest BCUT2D eigenvalue weighted by molar-refractivity contribution is 6.04. The molecule has 0 radical (unpaired) electrons. The van der Waals surface area contributed by atoms with Crippen molar-refractivity contribution in [2.75, 3.05) is 5.32 Å². The molecule has 0 aliphatic carbocycles. The van der Waals surface area contributed by atoms with E-state index in [0.717, 1.165) is 17.7 Å². The summed E-state index contributed by atoms with van der Waals surface area (Å²) in [4.78, 5) is 15.6. The molecule has 0 spiro atoms. The molecule has 0 bridgehead atoms. The summed E-state index contributed by atoms with van der Waals surface area (Å²) in [7, 11) is 0. The van der Waals surface area contributed by atoms with Crippen LogP contribution in [0.15, 0.2) is 42.6 Å². The van der Waals surface area contributed by atoms with Crippen LogP contribution < -0.4 is 5.32 Å². The fraction of sp³-hybridized carbons (Fsp3) is 0.250. The number of hydrogen-bond donors (Lipinski definition) is 1. The third-order valence-electron chi connectivity index (χ3n) is 2.90. The molecule has 104 valence electrons. The summed E-state index contributed by atoms with van der Waals surface area (Å²) in [5, 5.41) is 2.75. The minimum Gasteiger partial charge on any atom is -0.322 e.